The Morgan fingerprint density at radius 3 is 1.80 bits per heavy atom. The number of phenols is 12. The van der Waals surface area contributed by atoms with Crippen LogP contribution < -0.4 is 9.47 Å². The molecule has 2 heterocycles. The smallest absolute Gasteiger partial charge is 0.338 e. The third-order valence-electron chi connectivity index (χ3n) is 9.31. The molecule has 0 aromatic heterocycles. The zero-order valence-corrected chi connectivity index (χ0v) is 27.3. The highest BCUT2D eigenvalue weighted by molar-refractivity contribution is 5.91. The van der Waals surface area contributed by atoms with Crippen LogP contribution in [0.15, 0.2) is 60.7 Å². The second kappa shape index (κ2) is 12.7. The van der Waals surface area contributed by atoms with Crippen LogP contribution in [0.4, 0.5) is 0 Å². The van der Waals surface area contributed by atoms with Gasteiger partial charge in [-0.25, -0.2) is 4.79 Å². The van der Waals surface area contributed by atoms with Gasteiger partial charge in [0.05, 0.1) is 11.5 Å². The SMILES string of the molecule is O=C(O[C@@H]1Cc2c(O)cc(O)c([C@@H]3c4c(O)cc(O)cc4O[C@H](c4ccc(O)c(O)c4)[C@H]3O)c2O[C@@H]1c1cc(O)c(O)c(O)c1)c1cc(O)c(O)c(O)c1. The summed E-state index contributed by atoms with van der Waals surface area (Å²) in [6.45, 7) is 0. The fourth-order valence-electron chi connectivity index (χ4n) is 6.79. The molecule has 7 rings (SSSR count). The molecule has 54 heavy (non-hydrogen) atoms. The molecule has 5 aromatic carbocycles. The number of esters is 1. The average molecular weight is 747 g/mol. The molecule has 0 amide bonds. The second-order valence-electron chi connectivity index (χ2n) is 12.7. The predicted octanol–water partition coefficient (Wildman–Crippen LogP) is 3.68. The summed E-state index contributed by atoms with van der Waals surface area (Å²) in [4.78, 5) is 13.4. The molecule has 2 aliphatic rings. The molecule has 5 atom stereocenters. The summed E-state index contributed by atoms with van der Waals surface area (Å²) < 4.78 is 18.0. The number of carbonyl (C=O) groups is 1. The maximum absolute atomic E-state index is 13.4. The van der Waals surface area contributed by atoms with Gasteiger partial charge in [-0.1, -0.05) is 6.07 Å². The lowest BCUT2D eigenvalue weighted by molar-refractivity contribution is -0.0211. The molecule has 0 bridgehead atoms. The highest BCUT2D eigenvalue weighted by Gasteiger charge is 2.47. The first-order chi connectivity index (χ1) is 25.5. The summed E-state index contributed by atoms with van der Waals surface area (Å²) in [5.74, 6) is -11.8. The zero-order valence-electron chi connectivity index (χ0n) is 27.3. The second-order valence-corrected chi connectivity index (χ2v) is 12.7. The van der Waals surface area contributed by atoms with Crippen LogP contribution in [-0.2, 0) is 11.2 Å². The predicted molar refractivity (Wildman–Crippen MR) is 180 cm³/mol. The largest absolute Gasteiger partial charge is 0.508 e. The summed E-state index contributed by atoms with van der Waals surface area (Å²) in [6, 6.07) is 10.0. The van der Waals surface area contributed by atoms with Crippen LogP contribution in [0.2, 0.25) is 0 Å². The number of carbonyl (C=O) groups excluding carboxylic acids is 1. The number of aromatic hydroxyl groups is 12. The molecule has 0 aliphatic carbocycles. The lowest BCUT2D eigenvalue weighted by Gasteiger charge is -2.40. The minimum Gasteiger partial charge on any atom is -0.508 e. The van der Waals surface area contributed by atoms with Gasteiger partial charge in [-0.3, -0.25) is 0 Å². The van der Waals surface area contributed by atoms with E-state index in [0.29, 0.717) is 0 Å². The number of rotatable bonds is 5. The van der Waals surface area contributed by atoms with E-state index in [1.54, 1.807) is 0 Å². The number of ether oxygens (including phenoxy) is 3. The Morgan fingerprint density at radius 2 is 1.17 bits per heavy atom. The Bertz CT molecular complexity index is 2310. The molecule has 0 spiro atoms. The molecule has 280 valence electrons. The number of aliphatic hydroxyl groups excluding tert-OH is 1. The Kier molecular flexibility index (Phi) is 8.29. The van der Waals surface area contributed by atoms with Gasteiger partial charge in [0, 0.05) is 46.9 Å². The minimum atomic E-state index is -1.76. The van der Waals surface area contributed by atoms with Crippen molar-refractivity contribution in [3.8, 4) is 80.5 Å². The van der Waals surface area contributed by atoms with Gasteiger partial charge in [0.15, 0.2) is 58.2 Å². The molecule has 2 aliphatic heterocycles. The van der Waals surface area contributed by atoms with Gasteiger partial charge in [0.2, 0.25) is 0 Å². The van der Waals surface area contributed by atoms with Crippen LogP contribution in [0.5, 0.6) is 80.5 Å². The van der Waals surface area contributed by atoms with Crippen LogP contribution in [0.1, 0.15) is 56.3 Å². The fraction of sp³-hybridized carbons (Fsp3) is 0.162. The van der Waals surface area contributed by atoms with E-state index in [0.717, 1.165) is 54.6 Å². The molecular weight excluding hydrogens is 716 g/mol. The van der Waals surface area contributed by atoms with Crippen LogP contribution in [0.25, 0.3) is 0 Å². The van der Waals surface area contributed by atoms with E-state index >= 15 is 0 Å². The van der Waals surface area contributed by atoms with Crippen molar-refractivity contribution < 1.29 is 85.4 Å². The van der Waals surface area contributed by atoms with E-state index in [1.807, 2.05) is 0 Å². The van der Waals surface area contributed by atoms with Crippen molar-refractivity contribution in [2.45, 2.75) is 36.8 Å². The first-order valence-corrected chi connectivity index (χ1v) is 15.9. The quantitative estimate of drug-likeness (QED) is 0.0901. The molecule has 0 saturated carbocycles. The van der Waals surface area contributed by atoms with E-state index in [2.05, 4.69) is 0 Å². The standard InChI is InChI=1S/C37H30O17/c38-15-8-20(42)28-26(9-15)52-35(12-1-2-17(39)19(41)3-12)33(50)30(28)29-21(43)11-18(40)16-10-27(53-37(51)14-6-24(46)32(49)25(47)7-14)34(54-36(16)29)13-4-22(44)31(48)23(45)5-13/h1-9,11,27,30,33-35,38-50H,10H2/t27-,30+,33+,34-,35-/m1/s1. The molecule has 17 nitrogen and oxygen atoms in total. The van der Waals surface area contributed by atoms with Gasteiger partial charge >= 0.3 is 5.97 Å². The minimum absolute atomic E-state index is 0.107. The molecule has 5 aromatic rings. The van der Waals surface area contributed by atoms with Crippen LogP contribution in [0.3, 0.4) is 0 Å². The molecule has 17 heteroatoms. The Morgan fingerprint density at radius 1 is 0.574 bits per heavy atom. The fourth-order valence-corrected chi connectivity index (χ4v) is 6.79. The van der Waals surface area contributed by atoms with Gasteiger partial charge in [0.25, 0.3) is 0 Å². The lowest BCUT2D eigenvalue weighted by Crippen LogP contribution is -2.38. The number of hydrogen-bond acceptors (Lipinski definition) is 17. The van der Waals surface area contributed by atoms with Gasteiger partial charge < -0.3 is 80.6 Å². The van der Waals surface area contributed by atoms with Gasteiger partial charge in [-0.15, -0.1) is 0 Å². The topological polar surface area (TPSA) is 308 Å². The van der Waals surface area contributed by atoms with Crippen molar-refractivity contribution in [1.82, 2.24) is 0 Å². The Balaban J connectivity index is 1.40. The molecule has 0 unspecified atom stereocenters. The van der Waals surface area contributed by atoms with Crippen LogP contribution in [0, 0.1) is 0 Å². The number of aliphatic hydroxyl groups is 1. The summed E-state index contributed by atoms with van der Waals surface area (Å²) in [5.41, 5.74) is -1.03. The summed E-state index contributed by atoms with van der Waals surface area (Å²) in [7, 11) is 0. The number of benzene rings is 5. The molecule has 0 fully saturated rings. The lowest BCUT2D eigenvalue weighted by atomic mass is 9.77. The maximum Gasteiger partial charge on any atom is 0.338 e. The van der Waals surface area contributed by atoms with Crippen molar-refractivity contribution >= 4 is 5.97 Å². The van der Waals surface area contributed by atoms with Crippen molar-refractivity contribution in [1.29, 1.82) is 0 Å². The van der Waals surface area contributed by atoms with Crippen molar-refractivity contribution in [3.05, 3.63) is 94.0 Å². The number of hydrogen-bond donors (Lipinski definition) is 13. The monoisotopic (exact) mass is 746 g/mol. The van der Waals surface area contributed by atoms with E-state index < -0.39 is 117 Å². The van der Waals surface area contributed by atoms with Crippen molar-refractivity contribution in [2.75, 3.05) is 0 Å². The third-order valence-corrected chi connectivity index (χ3v) is 9.31. The third kappa shape index (κ3) is 5.77. The van der Waals surface area contributed by atoms with Crippen molar-refractivity contribution in [3.63, 3.8) is 0 Å². The normalized spacial score (nSPS) is 20.2. The molecule has 0 saturated heterocycles. The van der Waals surface area contributed by atoms with Crippen LogP contribution in [-0.4, -0.2) is 84.6 Å². The van der Waals surface area contributed by atoms with Gasteiger partial charge in [0.1, 0.15) is 46.7 Å². The molecule has 0 radical (unpaired) electrons. The summed E-state index contributed by atoms with van der Waals surface area (Å²) in [6.07, 6.45) is -6.67. The molecular formula is C37H30O17. The zero-order chi connectivity index (χ0) is 38.9. The van der Waals surface area contributed by atoms with E-state index in [-0.39, 0.29) is 39.3 Å². The summed E-state index contributed by atoms with van der Waals surface area (Å²) >= 11 is 0. The Hall–Kier alpha value is -7.27. The van der Waals surface area contributed by atoms with Crippen LogP contribution >= 0.6 is 0 Å². The van der Waals surface area contributed by atoms with E-state index in [9.17, 15) is 71.2 Å². The first-order valence-electron chi connectivity index (χ1n) is 15.9. The van der Waals surface area contributed by atoms with Crippen molar-refractivity contribution in [2.24, 2.45) is 0 Å². The maximum atomic E-state index is 13.4. The van der Waals surface area contributed by atoms with Gasteiger partial charge in [-0.05, 0) is 42.0 Å². The highest BCUT2D eigenvalue weighted by Crippen LogP contribution is 2.57. The molecule has 13 N–H and O–H groups in total. The van der Waals surface area contributed by atoms with Gasteiger partial charge in [-0.2, -0.15) is 0 Å². The highest BCUT2D eigenvalue weighted by atomic mass is 16.6. The van der Waals surface area contributed by atoms with E-state index in [4.69, 9.17) is 14.2 Å². The van der Waals surface area contributed by atoms with E-state index in [1.165, 1.54) is 6.07 Å². The number of phenolic OH excluding ortho intramolecular Hbond substituents is 12. The number of fused-ring (bicyclic) bond motifs is 2. The average Bonchev–Trinajstić information content (AvgIpc) is 3.10. The summed E-state index contributed by atoms with van der Waals surface area (Å²) in [5, 5.41) is 137. The Labute approximate surface area is 302 Å². The first kappa shape index (κ1) is 35.1.